The van der Waals surface area contributed by atoms with E-state index in [0.717, 1.165) is 19.3 Å². The first-order valence-corrected chi connectivity index (χ1v) is 16.1. The predicted octanol–water partition coefficient (Wildman–Crippen LogP) is 3.07. The number of carbonyl (C=O) groups excluding carboxylic acids is 4. The van der Waals surface area contributed by atoms with Gasteiger partial charge >= 0.3 is 5.97 Å². The Labute approximate surface area is 259 Å². The van der Waals surface area contributed by atoms with Crippen molar-refractivity contribution in [2.75, 3.05) is 19.7 Å². The van der Waals surface area contributed by atoms with Gasteiger partial charge in [-0.2, -0.15) is 0 Å². The second-order valence-corrected chi connectivity index (χ2v) is 12.3. The summed E-state index contributed by atoms with van der Waals surface area (Å²) >= 11 is 0. The highest BCUT2D eigenvalue weighted by atomic mass is 16.6. The van der Waals surface area contributed by atoms with Crippen LogP contribution in [0.2, 0.25) is 0 Å². The number of ether oxygens (including phenoxy) is 2. The molecule has 2 fully saturated rings. The lowest BCUT2D eigenvalue weighted by Gasteiger charge is -2.38. The highest BCUT2D eigenvalue weighted by Gasteiger charge is 2.72. The first kappa shape index (κ1) is 31.9. The number of unbranched alkanes of at least 4 members (excludes halogenated alkanes) is 2. The summed E-state index contributed by atoms with van der Waals surface area (Å²) in [5, 5.41) is 13.3. The first-order chi connectivity index (χ1) is 21.3. The highest BCUT2D eigenvalue weighted by molar-refractivity contribution is 5.99. The molecule has 8 atom stereocenters. The number of hydrogen-bond donors (Lipinski definition) is 2. The quantitative estimate of drug-likeness (QED) is 0.264. The zero-order valence-corrected chi connectivity index (χ0v) is 25.9. The lowest BCUT2D eigenvalue weighted by atomic mass is 9.77. The van der Waals surface area contributed by atoms with Gasteiger partial charge in [-0.1, -0.05) is 81.3 Å². The number of aliphatic hydroxyl groups excluding tert-OH is 1. The van der Waals surface area contributed by atoms with Crippen LogP contribution in [-0.2, 0) is 28.7 Å². The monoisotopic (exact) mass is 607 g/mol. The van der Waals surface area contributed by atoms with Gasteiger partial charge in [0.15, 0.2) is 0 Å². The average Bonchev–Trinajstić information content (AvgIpc) is 3.41. The third kappa shape index (κ3) is 5.81. The van der Waals surface area contributed by atoms with Crippen molar-refractivity contribution in [3.63, 3.8) is 0 Å². The molecule has 2 N–H and O–H groups in total. The van der Waals surface area contributed by atoms with Crippen molar-refractivity contribution in [2.24, 2.45) is 11.8 Å². The van der Waals surface area contributed by atoms with E-state index in [1.54, 1.807) is 30.1 Å². The summed E-state index contributed by atoms with van der Waals surface area (Å²) in [5.74, 6) is -3.51. The smallest absolute Gasteiger partial charge is 0.313 e. The largest absolute Gasteiger partial charge is 0.455 e. The van der Waals surface area contributed by atoms with Gasteiger partial charge in [0, 0.05) is 19.5 Å². The number of esters is 1. The minimum atomic E-state index is -1.42. The van der Waals surface area contributed by atoms with Crippen LogP contribution in [0, 0.1) is 11.8 Å². The van der Waals surface area contributed by atoms with Crippen molar-refractivity contribution >= 4 is 23.7 Å². The van der Waals surface area contributed by atoms with Gasteiger partial charge in [0.05, 0.1) is 30.7 Å². The zero-order valence-electron chi connectivity index (χ0n) is 25.9. The van der Waals surface area contributed by atoms with E-state index in [2.05, 4.69) is 12.2 Å². The Morgan fingerprint density at radius 1 is 1.07 bits per heavy atom. The normalized spacial score (nSPS) is 33.7. The first-order valence-electron chi connectivity index (χ1n) is 16.1. The molecule has 1 aromatic rings. The third-order valence-electron chi connectivity index (χ3n) is 9.47. The summed E-state index contributed by atoms with van der Waals surface area (Å²) in [4.78, 5) is 59.1. The fourth-order valence-electron chi connectivity index (χ4n) is 7.25. The van der Waals surface area contributed by atoms with Gasteiger partial charge in [-0.3, -0.25) is 19.2 Å². The Balaban J connectivity index is 1.59. The van der Waals surface area contributed by atoms with Crippen LogP contribution in [0.25, 0.3) is 0 Å². The maximum absolute atomic E-state index is 14.5. The summed E-state index contributed by atoms with van der Waals surface area (Å²) in [7, 11) is 0. The molecule has 4 aliphatic rings. The van der Waals surface area contributed by atoms with Crippen molar-refractivity contribution in [3.8, 4) is 0 Å². The summed E-state index contributed by atoms with van der Waals surface area (Å²) in [6, 6.07) is 7.02. The average molecular weight is 608 g/mol. The fourth-order valence-corrected chi connectivity index (χ4v) is 7.25. The Morgan fingerprint density at radius 2 is 1.84 bits per heavy atom. The Morgan fingerprint density at radius 3 is 2.55 bits per heavy atom. The topological polar surface area (TPSA) is 125 Å². The molecule has 4 heterocycles. The number of benzene rings is 1. The Kier molecular flexibility index (Phi) is 9.90. The van der Waals surface area contributed by atoms with Gasteiger partial charge in [0.2, 0.25) is 17.7 Å². The highest BCUT2D eigenvalue weighted by Crippen LogP contribution is 2.54. The summed E-state index contributed by atoms with van der Waals surface area (Å²) in [6.45, 7) is 6.34. The number of rotatable bonds is 8. The van der Waals surface area contributed by atoms with Crippen LogP contribution < -0.4 is 5.32 Å². The van der Waals surface area contributed by atoms with Gasteiger partial charge in [-0.15, -0.1) is 0 Å². The molecule has 0 radical (unpaired) electrons. The summed E-state index contributed by atoms with van der Waals surface area (Å²) < 4.78 is 13.0. The Bertz CT molecular complexity index is 1280. The van der Waals surface area contributed by atoms with E-state index in [0.29, 0.717) is 31.5 Å². The Hall–Kier alpha value is -3.50. The summed E-state index contributed by atoms with van der Waals surface area (Å²) in [5.41, 5.74) is -0.709. The maximum Gasteiger partial charge on any atom is 0.313 e. The van der Waals surface area contributed by atoms with Crippen LogP contribution >= 0.6 is 0 Å². The number of hydrogen-bond acceptors (Lipinski definition) is 7. The second kappa shape index (κ2) is 13.6. The van der Waals surface area contributed by atoms with Gasteiger partial charge in [-0.05, 0) is 31.7 Å². The summed E-state index contributed by atoms with van der Waals surface area (Å²) in [6.07, 6.45) is 9.42. The molecule has 0 bridgehead atoms. The van der Waals surface area contributed by atoms with Crippen molar-refractivity contribution in [2.45, 2.75) is 95.2 Å². The van der Waals surface area contributed by atoms with Crippen molar-refractivity contribution in [1.29, 1.82) is 0 Å². The standard InChI is InChI=1S/C34H45N3O7/c1-4-6-12-19-36-20-13-18-34-28(31(40)37(24(5-2)21-38)30(34)32(36)41)27-25(44-34)16-10-11-17-26(39)35-22(3)29(43-33(27)42)23-14-8-7-9-15-23/h7-10,13-16,18,22,24-25,27-30,38H,4-6,11-12,17,19-21H2,1-3H3,(H,35,39)/b16-10-/t22-,24-,25-,27+,28+,29+,30-,34+/m0/s1. The van der Waals surface area contributed by atoms with Crippen LogP contribution in [0.4, 0.5) is 0 Å². The van der Waals surface area contributed by atoms with Crippen LogP contribution in [0.15, 0.2) is 54.6 Å². The van der Waals surface area contributed by atoms with Crippen LogP contribution in [0.5, 0.6) is 0 Å². The predicted molar refractivity (Wildman–Crippen MR) is 163 cm³/mol. The van der Waals surface area contributed by atoms with Crippen molar-refractivity contribution < 1.29 is 33.8 Å². The number of nitrogens with zero attached hydrogens (tertiary/aromatic N) is 2. The van der Waals surface area contributed by atoms with Gasteiger partial charge in [-0.25, -0.2) is 0 Å². The molecule has 10 nitrogen and oxygen atoms in total. The molecular formula is C34H45N3O7. The number of carbonyl (C=O) groups is 4. The number of likely N-dealkylation sites (tertiary alicyclic amines) is 1. The molecule has 5 rings (SSSR count). The molecule has 1 spiro atoms. The van der Waals surface area contributed by atoms with E-state index >= 15 is 0 Å². The van der Waals surface area contributed by atoms with E-state index in [1.165, 1.54) is 4.90 Å². The van der Waals surface area contributed by atoms with Crippen LogP contribution in [-0.4, -0.2) is 88.1 Å². The number of aliphatic hydroxyl groups is 1. The fraction of sp³-hybridized carbons (Fsp3) is 0.588. The number of nitrogens with one attached hydrogen (secondary N) is 1. The van der Waals surface area contributed by atoms with Crippen molar-refractivity contribution in [3.05, 3.63) is 60.2 Å². The molecule has 238 valence electrons. The molecular weight excluding hydrogens is 562 g/mol. The van der Waals surface area contributed by atoms with Crippen LogP contribution in [0.3, 0.4) is 0 Å². The molecule has 44 heavy (non-hydrogen) atoms. The number of amides is 3. The molecule has 0 aromatic heterocycles. The molecule has 0 aliphatic carbocycles. The molecule has 10 heteroatoms. The second-order valence-electron chi connectivity index (χ2n) is 12.3. The number of fused-ring (bicyclic) bond motifs is 2. The van der Waals surface area contributed by atoms with E-state index in [-0.39, 0.29) is 24.8 Å². The molecule has 3 amide bonds. The lowest BCUT2D eigenvalue weighted by molar-refractivity contribution is -0.162. The molecule has 4 aliphatic heterocycles. The maximum atomic E-state index is 14.5. The minimum Gasteiger partial charge on any atom is -0.455 e. The van der Waals surface area contributed by atoms with Gasteiger partial charge < -0.3 is 29.7 Å². The van der Waals surface area contributed by atoms with E-state index in [4.69, 9.17) is 9.47 Å². The molecule has 2 saturated heterocycles. The molecule has 1 aromatic carbocycles. The number of allylic oxidation sites excluding steroid dienone is 1. The lowest BCUT2D eigenvalue weighted by Crippen LogP contribution is -2.58. The molecule has 0 unspecified atom stereocenters. The van der Waals surface area contributed by atoms with Crippen molar-refractivity contribution in [1.82, 2.24) is 15.1 Å². The minimum absolute atomic E-state index is 0.167. The van der Waals surface area contributed by atoms with E-state index in [9.17, 15) is 24.3 Å². The van der Waals surface area contributed by atoms with Gasteiger partial charge in [0.1, 0.15) is 23.7 Å². The van der Waals surface area contributed by atoms with E-state index < -0.39 is 59.6 Å². The number of cyclic esters (lactones) is 1. The zero-order chi connectivity index (χ0) is 31.4. The van der Waals surface area contributed by atoms with Gasteiger partial charge in [0.25, 0.3) is 0 Å². The SMILES string of the molecule is CCCCCN1CC=C[C@@]23O[C@H]4/C=C\CCC(=O)N[C@@H](C)[C@H](c5ccccc5)OC(=O)[C@H]4[C@@H]2C(=O)N([C@@H](CC)CO)[C@H]3C1=O. The van der Waals surface area contributed by atoms with Crippen LogP contribution in [0.1, 0.15) is 71.0 Å². The third-order valence-corrected chi connectivity index (χ3v) is 9.47. The molecule has 0 saturated carbocycles. The van der Waals surface area contributed by atoms with E-state index in [1.807, 2.05) is 43.3 Å².